The predicted molar refractivity (Wildman–Crippen MR) is 73.2 cm³/mol. The van der Waals surface area contributed by atoms with Gasteiger partial charge in [0.25, 0.3) is 0 Å². The molecule has 1 N–H and O–H groups in total. The minimum Gasteiger partial charge on any atom is -0.495 e. The molecule has 0 atom stereocenters. The first-order valence-electron chi connectivity index (χ1n) is 6.59. The van der Waals surface area contributed by atoms with Crippen molar-refractivity contribution in [3.05, 3.63) is 23.8 Å². The number of ketones is 1. The number of carbonyl (C=O) groups excluding carboxylic acids is 1. The number of nitrogens with one attached hydrogen (secondary N) is 1. The van der Waals surface area contributed by atoms with Crippen molar-refractivity contribution in [1.29, 1.82) is 0 Å². The SMILES string of the molecule is COc1ccc(C)cc1NCC1CCC(=O)CC1. The Labute approximate surface area is 109 Å². The molecule has 0 aromatic heterocycles. The van der Waals surface area contributed by atoms with Gasteiger partial charge in [-0.25, -0.2) is 0 Å². The molecule has 1 aromatic carbocycles. The fraction of sp³-hybridized carbons (Fsp3) is 0.533. The Morgan fingerprint density at radius 2 is 2.06 bits per heavy atom. The summed E-state index contributed by atoms with van der Waals surface area (Å²) in [5.41, 5.74) is 2.27. The van der Waals surface area contributed by atoms with Gasteiger partial charge in [0.2, 0.25) is 0 Å². The number of Topliss-reactive ketones (excluding diaryl/α,β-unsaturated/α-hetero) is 1. The lowest BCUT2D eigenvalue weighted by Gasteiger charge is -2.22. The molecule has 0 radical (unpaired) electrons. The van der Waals surface area contributed by atoms with Crippen LogP contribution < -0.4 is 10.1 Å². The molecule has 0 amide bonds. The molecule has 18 heavy (non-hydrogen) atoms. The lowest BCUT2D eigenvalue weighted by molar-refractivity contribution is -0.120. The van der Waals surface area contributed by atoms with Gasteiger partial charge in [0.05, 0.1) is 12.8 Å². The minimum atomic E-state index is 0.416. The van der Waals surface area contributed by atoms with Crippen LogP contribution in [0.25, 0.3) is 0 Å². The third-order valence-electron chi connectivity index (χ3n) is 3.60. The molecule has 0 heterocycles. The molecule has 3 nitrogen and oxygen atoms in total. The summed E-state index contributed by atoms with van der Waals surface area (Å²) in [6, 6.07) is 6.14. The highest BCUT2D eigenvalue weighted by Crippen LogP contribution is 2.27. The summed E-state index contributed by atoms with van der Waals surface area (Å²) in [5, 5.41) is 3.45. The van der Waals surface area contributed by atoms with E-state index in [0.29, 0.717) is 11.7 Å². The van der Waals surface area contributed by atoms with Gasteiger partial charge in [-0.2, -0.15) is 0 Å². The van der Waals surface area contributed by atoms with Gasteiger partial charge in [0.1, 0.15) is 11.5 Å². The van der Waals surface area contributed by atoms with Crippen LogP contribution >= 0.6 is 0 Å². The van der Waals surface area contributed by atoms with Crippen molar-refractivity contribution in [3.8, 4) is 5.75 Å². The monoisotopic (exact) mass is 247 g/mol. The quantitative estimate of drug-likeness (QED) is 0.888. The summed E-state index contributed by atoms with van der Waals surface area (Å²) in [7, 11) is 1.69. The molecule has 0 saturated heterocycles. The van der Waals surface area contributed by atoms with Crippen LogP contribution in [0.5, 0.6) is 5.75 Å². The Kier molecular flexibility index (Phi) is 4.24. The molecule has 1 aromatic rings. The number of anilines is 1. The van der Waals surface area contributed by atoms with Gasteiger partial charge in [-0.15, -0.1) is 0 Å². The first-order chi connectivity index (χ1) is 8.69. The highest BCUT2D eigenvalue weighted by molar-refractivity contribution is 5.79. The molecule has 2 rings (SSSR count). The van der Waals surface area contributed by atoms with Crippen molar-refractivity contribution >= 4 is 11.5 Å². The van der Waals surface area contributed by atoms with Crippen LogP contribution in [0.4, 0.5) is 5.69 Å². The van der Waals surface area contributed by atoms with E-state index in [4.69, 9.17) is 4.74 Å². The zero-order valence-electron chi connectivity index (χ0n) is 11.2. The third kappa shape index (κ3) is 3.25. The molecule has 1 saturated carbocycles. The Morgan fingerprint density at radius 1 is 1.33 bits per heavy atom. The number of methoxy groups -OCH3 is 1. The van der Waals surface area contributed by atoms with Crippen molar-refractivity contribution in [2.75, 3.05) is 19.0 Å². The van der Waals surface area contributed by atoms with Gasteiger partial charge in [0.15, 0.2) is 0 Å². The summed E-state index contributed by atoms with van der Waals surface area (Å²) < 4.78 is 5.34. The summed E-state index contributed by atoms with van der Waals surface area (Å²) >= 11 is 0. The molecular weight excluding hydrogens is 226 g/mol. The van der Waals surface area contributed by atoms with E-state index < -0.39 is 0 Å². The Hall–Kier alpha value is -1.51. The van der Waals surface area contributed by atoms with Gasteiger partial charge < -0.3 is 10.1 Å². The van der Waals surface area contributed by atoms with Gasteiger partial charge >= 0.3 is 0 Å². The smallest absolute Gasteiger partial charge is 0.141 e. The molecule has 1 aliphatic carbocycles. The molecule has 0 aliphatic heterocycles. The van der Waals surface area contributed by atoms with Gasteiger partial charge in [-0.1, -0.05) is 6.07 Å². The van der Waals surface area contributed by atoms with Crippen LogP contribution in [0, 0.1) is 12.8 Å². The normalized spacial score (nSPS) is 16.7. The average molecular weight is 247 g/mol. The van der Waals surface area contributed by atoms with E-state index in [2.05, 4.69) is 18.3 Å². The molecule has 0 spiro atoms. The standard InChI is InChI=1S/C15H21NO2/c1-11-3-8-15(18-2)14(9-11)16-10-12-4-6-13(17)7-5-12/h3,8-9,12,16H,4-7,10H2,1-2H3. The second-order valence-electron chi connectivity index (χ2n) is 5.07. The van der Waals surface area contributed by atoms with E-state index in [1.165, 1.54) is 5.56 Å². The van der Waals surface area contributed by atoms with E-state index in [1.807, 2.05) is 12.1 Å². The molecule has 3 heteroatoms. The van der Waals surface area contributed by atoms with Gasteiger partial charge in [-0.05, 0) is 43.4 Å². The summed E-state index contributed by atoms with van der Waals surface area (Å²) in [4.78, 5) is 11.2. The van der Waals surface area contributed by atoms with Gasteiger partial charge in [-0.3, -0.25) is 4.79 Å². The Bertz CT molecular complexity index is 419. The molecule has 0 bridgehead atoms. The number of rotatable bonds is 4. The maximum absolute atomic E-state index is 11.2. The second kappa shape index (κ2) is 5.89. The second-order valence-corrected chi connectivity index (χ2v) is 5.07. The maximum Gasteiger partial charge on any atom is 0.141 e. The number of benzene rings is 1. The zero-order valence-corrected chi connectivity index (χ0v) is 11.2. The van der Waals surface area contributed by atoms with Crippen LogP contribution in [-0.2, 0) is 4.79 Å². The molecule has 0 unspecified atom stereocenters. The number of hydrogen-bond donors (Lipinski definition) is 1. The number of carbonyl (C=O) groups is 1. The molecule has 1 fully saturated rings. The predicted octanol–water partition coefficient (Wildman–Crippen LogP) is 3.17. The Morgan fingerprint density at radius 3 is 2.72 bits per heavy atom. The van der Waals surface area contributed by atoms with Crippen LogP contribution in [0.15, 0.2) is 18.2 Å². The van der Waals surface area contributed by atoms with E-state index in [9.17, 15) is 4.79 Å². The van der Waals surface area contributed by atoms with Crippen LogP contribution in [0.1, 0.15) is 31.2 Å². The highest BCUT2D eigenvalue weighted by atomic mass is 16.5. The number of hydrogen-bond acceptors (Lipinski definition) is 3. The molecule has 1 aliphatic rings. The molecular formula is C15H21NO2. The van der Waals surface area contributed by atoms with Crippen LogP contribution in [0.2, 0.25) is 0 Å². The lowest BCUT2D eigenvalue weighted by atomic mass is 9.88. The minimum absolute atomic E-state index is 0.416. The zero-order chi connectivity index (χ0) is 13.0. The Balaban J connectivity index is 1.93. The summed E-state index contributed by atoms with van der Waals surface area (Å²) in [6.07, 6.45) is 3.52. The number of aryl methyl sites for hydroxylation is 1. The van der Waals surface area contributed by atoms with Crippen molar-refractivity contribution < 1.29 is 9.53 Å². The fourth-order valence-corrected chi connectivity index (χ4v) is 2.42. The van der Waals surface area contributed by atoms with Crippen molar-refractivity contribution in [2.24, 2.45) is 5.92 Å². The first kappa shape index (κ1) is 12.9. The third-order valence-corrected chi connectivity index (χ3v) is 3.60. The lowest BCUT2D eigenvalue weighted by Crippen LogP contribution is -2.21. The number of ether oxygens (including phenoxy) is 1. The van der Waals surface area contributed by atoms with E-state index in [1.54, 1.807) is 7.11 Å². The fourth-order valence-electron chi connectivity index (χ4n) is 2.42. The largest absolute Gasteiger partial charge is 0.495 e. The summed E-state index contributed by atoms with van der Waals surface area (Å²) in [5.74, 6) is 1.90. The summed E-state index contributed by atoms with van der Waals surface area (Å²) in [6.45, 7) is 3.00. The highest BCUT2D eigenvalue weighted by Gasteiger charge is 2.18. The van der Waals surface area contributed by atoms with Crippen molar-refractivity contribution in [1.82, 2.24) is 0 Å². The van der Waals surface area contributed by atoms with E-state index in [-0.39, 0.29) is 0 Å². The van der Waals surface area contributed by atoms with Crippen molar-refractivity contribution in [2.45, 2.75) is 32.6 Å². The maximum atomic E-state index is 11.2. The van der Waals surface area contributed by atoms with E-state index >= 15 is 0 Å². The van der Waals surface area contributed by atoms with Crippen molar-refractivity contribution in [3.63, 3.8) is 0 Å². The average Bonchev–Trinajstić information content (AvgIpc) is 2.38. The van der Waals surface area contributed by atoms with Crippen LogP contribution in [0.3, 0.4) is 0 Å². The molecule has 98 valence electrons. The first-order valence-corrected chi connectivity index (χ1v) is 6.59. The van der Waals surface area contributed by atoms with Gasteiger partial charge in [0, 0.05) is 19.4 Å². The van der Waals surface area contributed by atoms with Crippen LogP contribution in [-0.4, -0.2) is 19.4 Å². The van der Waals surface area contributed by atoms with E-state index in [0.717, 1.165) is 43.7 Å². The topological polar surface area (TPSA) is 38.3 Å².